The number of hydrogen-bond acceptors (Lipinski definition) is 2. The molecule has 2 aliphatic rings. The Kier molecular flexibility index (Phi) is 5.43. The van der Waals surface area contributed by atoms with E-state index in [9.17, 15) is 0 Å². The molecule has 0 heterocycles. The number of hydrogen-bond donors (Lipinski definition) is 0. The molecule has 0 radical (unpaired) electrons. The lowest BCUT2D eigenvalue weighted by Gasteiger charge is -2.43. The van der Waals surface area contributed by atoms with Gasteiger partial charge in [-0.2, -0.15) is 0 Å². The van der Waals surface area contributed by atoms with Gasteiger partial charge in [-0.15, -0.1) is 0 Å². The summed E-state index contributed by atoms with van der Waals surface area (Å²) in [7, 11) is 3.56. The Hall–Kier alpha value is -1.96. The predicted octanol–water partition coefficient (Wildman–Crippen LogP) is 6.27. The molecule has 0 aliphatic heterocycles. The van der Waals surface area contributed by atoms with Gasteiger partial charge in [0.25, 0.3) is 0 Å². The van der Waals surface area contributed by atoms with Crippen LogP contribution in [0, 0.1) is 5.92 Å². The van der Waals surface area contributed by atoms with Crippen LogP contribution in [0.4, 0.5) is 0 Å². The van der Waals surface area contributed by atoms with Crippen LogP contribution < -0.4 is 9.47 Å². The average Bonchev–Trinajstić information content (AvgIpc) is 2.73. The van der Waals surface area contributed by atoms with Gasteiger partial charge in [-0.05, 0) is 83.9 Å². The molecule has 144 valence electrons. The van der Waals surface area contributed by atoms with Crippen molar-refractivity contribution in [3.63, 3.8) is 0 Å². The van der Waals surface area contributed by atoms with Gasteiger partial charge in [-0.25, -0.2) is 0 Å². The lowest BCUT2D eigenvalue weighted by atomic mass is 9.61. The standard InChI is InChI=1S/C25H32O2/c1-4-7-18-14-19-15-23(17-10-12-20(26-2)13-11-17)21-8-5-6-9-22(21)24(19)16-25(18)27-3/h10-14,16,21-23H,4-9,15H2,1-3H3. The molecule has 0 N–H and O–H groups in total. The van der Waals surface area contributed by atoms with Crippen molar-refractivity contribution in [2.45, 2.75) is 63.7 Å². The van der Waals surface area contributed by atoms with E-state index in [4.69, 9.17) is 9.47 Å². The van der Waals surface area contributed by atoms with Crippen molar-refractivity contribution in [1.82, 2.24) is 0 Å². The maximum atomic E-state index is 5.77. The van der Waals surface area contributed by atoms with E-state index >= 15 is 0 Å². The molecule has 27 heavy (non-hydrogen) atoms. The van der Waals surface area contributed by atoms with Gasteiger partial charge < -0.3 is 9.47 Å². The summed E-state index contributed by atoms with van der Waals surface area (Å²) in [5, 5.41) is 0. The van der Waals surface area contributed by atoms with Crippen molar-refractivity contribution in [1.29, 1.82) is 0 Å². The molecule has 0 spiro atoms. The lowest BCUT2D eigenvalue weighted by molar-refractivity contribution is 0.242. The average molecular weight is 365 g/mol. The van der Waals surface area contributed by atoms with Crippen LogP contribution in [-0.2, 0) is 12.8 Å². The van der Waals surface area contributed by atoms with Crippen molar-refractivity contribution >= 4 is 0 Å². The highest BCUT2D eigenvalue weighted by Crippen LogP contribution is 2.52. The maximum Gasteiger partial charge on any atom is 0.122 e. The second-order valence-corrected chi connectivity index (χ2v) is 8.25. The molecule has 2 aromatic rings. The molecule has 0 amide bonds. The third-order valence-electron chi connectivity index (χ3n) is 6.78. The topological polar surface area (TPSA) is 18.5 Å². The van der Waals surface area contributed by atoms with Gasteiger partial charge in [0, 0.05) is 0 Å². The summed E-state index contributed by atoms with van der Waals surface area (Å²) in [6.45, 7) is 2.25. The van der Waals surface area contributed by atoms with Crippen molar-refractivity contribution in [3.8, 4) is 11.5 Å². The minimum atomic E-state index is 0.622. The second-order valence-electron chi connectivity index (χ2n) is 8.25. The normalized spacial score (nSPS) is 24.0. The molecule has 0 saturated heterocycles. The number of rotatable bonds is 5. The minimum Gasteiger partial charge on any atom is -0.497 e. The maximum absolute atomic E-state index is 5.77. The number of aryl methyl sites for hydroxylation is 1. The first-order chi connectivity index (χ1) is 13.2. The Balaban J connectivity index is 1.75. The monoisotopic (exact) mass is 364 g/mol. The first kappa shape index (κ1) is 18.4. The van der Waals surface area contributed by atoms with Crippen LogP contribution in [0.5, 0.6) is 11.5 Å². The van der Waals surface area contributed by atoms with Crippen molar-refractivity contribution < 1.29 is 9.47 Å². The quantitative estimate of drug-likeness (QED) is 0.622. The van der Waals surface area contributed by atoms with Crippen molar-refractivity contribution in [2.75, 3.05) is 14.2 Å². The van der Waals surface area contributed by atoms with E-state index in [-0.39, 0.29) is 0 Å². The summed E-state index contributed by atoms with van der Waals surface area (Å²) in [6.07, 6.45) is 8.80. The summed E-state index contributed by atoms with van der Waals surface area (Å²) in [6, 6.07) is 13.7. The highest BCUT2D eigenvalue weighted by Gasteiger charge is 2.39. The molecule has 3 unspecified atom stereocenters. The largest absolute Gasteiger partial charge is 0.497 e. The Morgan fingerprint density at radius 3 is 2.41 bits per heavy atom. The zero-order chi connectivity index (χ0) is 18.8. The second kappa shape index (κ2) is 7.96. The summed E-state index contributed by atoms with van der Waals surface area (Å²) >= 11 is 0. The minimum absolute atomic E-state index is 0.622. The van der Waals surface area contributed by atoms with E-state index in [1.54, 1.807) is 18.2 Å². The fourth-order valence-corrected chi connectivity index (χ4v) is 5.50. The lowest BCUT2D eigenvalue weighted by Crippen LogP contribution is -2.31. The number of ether oxygens (including phenoxy) is 2. The van der Waals surface area contributed by atoms with E-state index < -0.39 is 0 Å². The molecule has 1 saturated carbocycles. The molecule has 2 aromatic carbocycles. The molecule has 2 aliphatic carbocycles. The molecule has 0 bridgehead atoms. The molecule has 2 nitrogen and oxygen atoms in total. The first-order valence-corrected chi connectivity index (χ1v) is 10.6. The smallest absolute Gasteiger partial charge is 0.122 e. The molecule has 2 heteroatoms. The van der Waals surface area contributed by atoms with Gasteiger partial charge in [0.1, 0.15) is 11.5 Å². The highest BCUT2D eigenvalue weighted by molar-refractivity contribution is 5.48. The molecular formula is C25H32O2. The van der Waals surface area contributed by atoms with Crippen LogP contribution >= 0.6 is 0 Å². The zero-order valence-electron chi connectivity index (χ0n) is 17.0. The third kappa shape index (κ3) is 3.47. The number of benzene rings is 2. The van der Waals surface area contributed by atoms with Gasteiger partial charge in [0.15, 0.2) is 0 Å². The van der Waals surface area contributed by atoms with Crippen molar-refractivity contribution in [2.24, 2.45) is 5.92 Å². The van der Waals surface area contributed by atoms with E-state index in [2.05, 4.69) is 43.3 Å². The van der Waals surface area contributed by atoms with Crippen LogP contribution in [0.25, 0.3) is 0 Å². The molecule has 3 atom stereocenters. The van der Waals surface area contributed by atoms with Crippen LogP contribution in [0.1, 0.15) is 73.1 Å². The Labute approximate surface area is 163 Å². The van der Waals surface area contributed by atoms with Crippen molar-refractivity contribution in [3.05, 3.63) is 58.7 Å². The molecular weight excluding hydrogens is 332 g/mol. The fraction of sp³-hybridized carbons (Fsp3) is 0.520. The van der Waals surface area contributed by atoms with E-state index in [1.807, 2.05) is 7.11 Å². The van der Waals surface area contributed by atoms with Gasteiger partial charge >= 0.3 is 0 Å². The number of methoxy groups -OCH3 is 2. The Morgan fingerprint density at radius 2 is 1.70 bits per heavy atom. The van der Waals surface area contributed by atoms with Crippen LogP contribution in [0.2, 0.25) is 0 Å². The third-order valence-corrected chi connectivity index (χ3v) is 6.78. The van der Waals surface area contributed by atoms with Gasteiger partial charge in [0.05, 0.1) is 14.2 Å². The van der Waals surface area contributed by atoms with E-state index in [1.165, 1.54) is 36.8 Å². The van der Waals surface area contributed by atoms with Crippen LogP contribution in [0.3, 0.4) is 0 Å². The van der Waals surface area contributed by atoms with Gasteiger partial charge in [-0.3, -0.25) is 0 Å². The van der Waals surface area contributed by atoms with Gasteiger partial charge in [0.2, 0.25) is 0 Å². The van der Waals surface area contributed by atoms with Crippen LogP contribution in [-0.4, -0.2) is 14.2 Å². The molecule has 1 fully saturated rings. The summed E-state index contributed by atoms with van der Waals surface area (Å²) in [4.78, 5) is 0. The van der Waals surface area contributed by atoms with E-state index in [0.29, 0.717) is 11.8 Å². The van der Waals surface area contributed by atoms with Gasteiger partial charge in [-0.1, -0.05) is 44.4 Å². The highest BCUT2D eigenvalue weighted by atomic mass is 16.5. The summed E-state index contributed by atoms with van der Waals surface area (Å²) in [5.41, 5.74) is 5.98. The SMILES string of the molecule is CCCc1cc2c(cc1OC)C1CCCCC1C(c1ccc(OC)cc1)C2. The Morgan fingerprint density at radius 1 is 0.926 bits per heavy atom. The Bertz CT molecular complexity index is 778. The first-order valence-electron chi connectivity index (χ1n) is 10.6. The molecule has 4 rings (SSSR count). The van der Waals surface area contributed by atoms with E-state index in [0.717, 1.165) is 36.7 Å². The number of fused-ring (bicyclic) bond motifs is 3. The predicted molar refractivity (Wildman–Crippen MR) is 111 cm³/mol. The summed E-state index contributed by atoms with van der Waals surface area (Å²) < 4.78 is 11.1. The zero-order valence-corrected chi connectivity index (χ0v) is 17.0. The van der Waals surface area contributed by atoms with Crippen LogP contribution in [0.15, 0.2) is 36.4 Å². The molecule has 0 aromatic heterocycles. The fourth-order valence-electron chi connectivity index (χ4n) is 5.50. The summed E-state index contributed by atoms with van der Waals surface area (Å²) in [5.74, 6) is 4.10.